The van der Waals surface area contributed by atoms with Gasteiger partial charge in [0.05, 0.1) is 11.4 Å². The number of piperidine rings is 1. The standard InChI is InChI=1S/C23H26N6O2S.C2H6.C2H2/c30-12-3-10-28-9-2-5-17(15-28)25-22-24-8-7-19(26-22)21-20(16-4-1-6-18(31)14-16)27-23-29(21)11-13-32-23;2*1-2/h1,4,6-8,11,13-14,17,30-31H,2-3,5,9-10,12,15H2,(H,24,25,26);1-2H3;1-2H. The maximum atomic E-state index is 9.98. The summed E-state index contributed by atoms with van der Waals surface area (Å²) in [7, 11) is 0. The zero-order chi connectivity index (χ0) is 25.9. The van der Waals surface area contributed by atoms with Crippen LogP contribution in [0, 0.1) is 12.8 Å². The number of aliphatic hydroxyl groups excluding tert-OH is 1. The van der Waals surface area contributed by atoms with Gasteiger partial charge in [0.25, 0.3) is 0 Å². The van der Waals surface area contributed by atoms with Gasteiger partial charge in [0.1, 0.15) is 11.4 Å². The molecule has 3 aromatic heterocycles. The number of hydrogen-bond acceptors (Lipinski definition) is 8. The Kier molecular flexibility index (Phi) is 10.2. The fraction of sp³-hybridized carbons (Fsp3) is 0.370. The fourth-order valence-corrected chi connectivity index (χ4v) is 5.01. The Morgan fingerprint density at radius 1 is 1.19 bits per heavy atom. The molecule has 0 aliphatic carbocycles. The van der Waals surface area contributed by atoms with E-state index in [1.165, 1.54) is 0 Å². The number of thiazole rings is 1. The molecule has 1 aromatic carbocycles. The van der Waals surface area contributed by atoms with Gasteiger partial charge in [-0.2, -0.15) is 0 Å². The van der Waals surface area contributed by atoms with Crippen molar-refractivity contribution in [3.8, 4) is 41.2 Å². The SMILES string of the molecule is C#C.CC.OCCCN1CCCC(Nc2nccc(-c3c(-c4cccc(O)c4)nc4sccn34)n2)C1. The predicted octanol–water partition coefficient (Wildman–Crippen LogP) is 4.76. The number of imidazole rings is 1. The van der Waals surface area contributed by atoms with Crippen LogP contribution in [0.2, 0.25) is 0 Å². The molecular weight excluding hydrogens is 472 g/mol. The lowest BCUT2D eigenvalue weighted by Gasteiger charge is -2.33. The molecule has 8 nitrogen and oxygen atoms in total. The summed E-state index contributed by atoms with van der Waals surface area (Å²) in [5, 5.41) is 24.6. The summed E-state index contributed by atoms with van der Waals surface area (Å²) < 4.78 is 2.04. The molecule has 0 bridgehead atoms. The number of terminal acetylenes is 1. The van der Waals surface area contributed by atoms with Crippen molar-refractivity contribution in [2.24, 2.45) is 0 Å². The molecule has 1 aliphatic heterocycles. The number of likely N-dealkylation sites (tertiary alicyclic amines) is 1. The van der Waals surface area contributed by atoms with Gasteiger partial charge in [0.15, 0.2) is 4.96 Å². The van der Waals surface area contributed by atoms with Crippen LogP contribution in [0.1, 0.15) is 33.1 Å². The van der Waals surface area contributed by atoms with Gasteiger partial charge in [-0.1, -0.05) is 26.0 Å². The highest BCUT2D eigenvalue weighted by atomic mass is 32.1. The predicted molar refractivity (Wildman–Crippen MR) is 147 cm³/mol. The van der Waals surface area contributed by atoms with Crippen molar-refractivity contribution in [2.45, 2.75) is 39.2 Å². The van der Waals surface area contributed by atoms with Crippen LogP contribution < -0.4 is 5.32 Å². The number of nitrogens with zero attached hydrogens (tertiary/aromatic N) is 5. The minimum Gasteiger partial charge on any atom is -0.508 e. The van der Waals surface area contributed by atoms with Gasteiger partial charge < -0.3 is 20.4 Å². The van der Waals surface area contributed by atoms with Crippen LogP contribution in [-0.2, 0) is 0 Å². The summed E-state index contributed by atoms with van der Waals surface area (Å²) in [4.78, 5) is 17.4. The average Bonchev–Trinajstić information content (AvgIpc) is 3.52. The van der Waals surface area contributed by atoms with E-state index < -0.39 is 0 Å². The summed E-state index contributed by atoms with van der Waals surface area (Å²) >= 11 is 1.56. The van der Waals surface area contributed by atoms with Gasteiger partial charge in [-0.3, -0.25) is 4.40 Å². The number of fused-ring (bicyclic) bond motifs is 1. The van der Waals surface area contributed by atoms with Crippen molar-refractivity contribution in [1.82, 2.24) is 24.3 Å². The largest absolute Gasteiger partial charge is 0.508 e. The Balaban J connectivity index is 0.000000861. The van der Waals surface area contributed by atoms with E-state index in [0.717, 1.165) is 66.5 Å². The molecule has 1 unspecified atom stereocenters. The smallest absolute Gasteiger partial charge is 0.223 e. The molecule has 0 amide bonds. The molecular formula is C27H34N6O2S. The van der Waals surface area contributed by atoms with Gasteiger partial charge in [0.2, 0.25) is 5.95 Å². The Morgan fingerprint density at radius 3 is 2.81 bits per heavy atom. The number of anilines is 1. The lowest BCUT2D eigenvalue weighted by Crippen LogP contribution is -2.42. The van der Waals surface area contributed by atoms with E-state index in [2.05, 4.69) is 28.0 Å². The third kappa shape index (κ3) is 6.40. The molecule has 1 fully saturated rings. The number of aromatic nitrogens is 4. The molecule has 1 atom stereocenters. The van der Waals surface area contributed by atoms with E-state index in [1.807, 2.05) is 48.0 Å². The van der Waals surface area contributed by atoms with Crippen molar-refractivity contribution in [3.63, 3.8) is 0 Å². The highest BCUT2D eigenvalue weighted by Crippen LogP contribution is 2.34. The van der Waals surface area contributed by atoms with Gasteiger partial charge in [-0.15, -0.1) is 24.2 Å². The zero-order valence-corrected chi connectivity index (χ0v) is 21.7. The first kappa shape index (κ1) is 27.1. The van der Waals surface area contributed by atoms with E-state index >= 15 is 0 Å². The first-order valence-electron chi connectivity index (χ1n) is 12.2. The average molecular weight is 507 g/mol. The van der Waals surface area contributed by atoms with Crippen molar-refractivity contribution >= 4 is 22.2 Å². The molecule has 4 heterocycles. The fourth-order valence-electron chi connectivity index (χ4n) is 4.30. The van der Waals surface area contributed by atoms with Crippen molar-refractivity contribution in [2.75, 3.05) is 31.6 Å². The Labute approximate surface area is 216 Å². The van der Waals surface area contributed by atoms with Gasteiger partial charge in [-0.05, 0) is 44.0 Å². The highest BCUT2D eigenvalue weighted by molar-refractivity contribution is 7.15. The topological polar surface area (TPSA) is 98.8 Å². The molecule has 4 aromatic rings. The number of benzene rings is 1. The zero-order valence-electron chi connectivity index (χ0n) is 20.8. The monoisotopic (exact) mass is 506 g/mol. The Bertz CT molecular complexity index is 1250. The molecule has 1 aliphatic rings. The van der Waals surface area contributed by atoms with E-state index in [9.17, 15) is 5.11 Å². The Morgan fingerprint density at radius 2 is 2.03 bits per heavy atom. The first-order valence-corrected chi connectivity index (χ1v) is 13.1. The number of nitrogens with one attached hydrogen (secondary N) is 1. The van der Waals surface area contributed by atoms with E-state index in [1.54, 1.807) is 29.7 Å². The second-order valence-corrected chi connectivity index (χ2v) is 8.91. The van der Waals surface area contributed by atoms with E-state index in [-0.39, 0.29) is 18.4 Å². The van der Waals surface area contributed by atoms with Crippen LogP contribution in [0.25, 0.3) is 27.6 Å². The summed E-state index contributed by atoms with van der Waals surface area (Å²) in [6.07, 6.45) is 14.7. The number of hydrogen-bond donors (Lipinski definition) is 3. The normalized spacial score (nSPS) is 15.4. The second kappa shape index (κ2) is 13.6. The number of aliphatic hydroxyl groups is 1. The number of rotatable bonds is 7. The van der Waals surface area contributed by atoms with Crippen LogP contribution in [0.5, 0.6) is 5.75 Å². The molecule has 0 radical (unpaired) electrons. The third-order valence-electron chi connectivity index (χ3n) is 5.75. The van der Waals surface area contributed by atoms with Crippen LogP contribution in [0.15, 0.2) is 48.1 Å². The maximum Gasteiger partial charge on any atom is 0.223 e. The van der Waals surface area contributed by atoms with Gasteiger partial charge >= 0.3 is 0 Å². The molecule has 9 heteroatoms. The van der Waals surface area contributed by atoms with Crippen molar-refractivity contribution < 1.29 is 10.2 Å². The molecule has 190 valence electrons. The molecule has 1 saturated heterocycles. The van der Waals surface area contributed by atoms with E-state index in [4.69, 9.17) is 15.1 Å². The Hall–Kier alpha value is -3.45. The summed E-state index contributed by atoms with van der Waals surface area (Å²) in [6, 6.07) is 9.31. The lowest BCUT2D eigenvalue weighted by molar-refractivity contribution is 0.190. The lowest BCUT2D eigenvalue weighted by atomic mass is 10.1. The minimum absolute atomic E-state index is 0.206. The summed E-state index contributed by atoms with van der Waals surface area (Å²) in [5.41, 5.74) is 3.28. The number of phenols is 1. The molecule has 0 spiro atoms. The van der Waals surface area contributed by atoms with Crippen LogP contribution in [0.3, 0.4) is 0 Å². The first-order chi connectivity index (χ1) is 17.7. The number of aromatic hydroxyl groups is 1. The van der Waals surface area contributed by atoms with Crippen LogP contribution in [-0.4, -0.2) is 66.7 Å². The third-order valence-corrected chi connectivity index (χ3v) is 6.51. The van der Waals surface area contributed by atoms with Crippen molar-refractivity contribution in [3.05, 3.63) is 48.1 Å². The quantitative estimate of drug-likeness (QED) is 0.311. The van der Waals surface area contributed by atoms with Gasteiger partial charge in [-0.25, -0.2) is 15.0 Å². The summed E-state index contributed by atoms with van der Waals surface area (Å²) in [6.45, 7) is 7.13. The second-order valence-electron chi connectivity index (χ2n) is 8.04. The summed E-state index contributed by atoms with van der Waals surface area (Å²) in [5.74, 6) is 0.807. The van der Waals surface area contributed by atoms with Crippen LogP contribution in [0.4, 0.5) is 5.95 Å². The molecule has 5 rings (SSSR count). The van der Waals surface area contributed by atoms with Crippen molar-refractivity contribution in [1.29, 1.82) is 0 Å². The van der Waals surface area contributed by atoms with Gasteiger partial charge in [0, 0.05) is 49.1 Å². The molecule has 36 heavy (non-hydrogen) atoms. The minimum atomic E-state index is 0.206. The number of phenolic OH excluding ortho intramolecular Hbond substituents is 1. The molecule has 3 N–H and O–H groups in total. The maximum absolute atomic E-state index is 9.98. The highest BCUT2D eigenvalue weighted by Gasteiger charge is 2.22. The molecule has 0 saturated carbocycles. The van der Waals surface area contributed by atoms with E-state index in [0.29, 0.717) is 5.95 Å². The van der Waals surface area contributed by atoms with Crippen LogP contribution >= 0.6 is 11.3 Å².